The van der Waals surface area contributed by atoms with Crippen LogP contribution in [0.4, 0.5) is 13.2 Å². The minimum atomic E-state index is -4.36. The Bertz CT molecular complexity index is 616. The zero-order valence-corrected chi connectivity index (χ0v) is 13.9. The van der Waals surface area contributed by atoms with Gasteiger partial charge in [-0.3, -0.25) is 4.79 Å². The molecule has 2 fully saturated rings. The van der Waals surface area contributed by atoms with Gasteiger partial charge in [-0.2, -0.15) is 13.2 Å². The van der Waals surface area contributed by atoms with Crippen LogP contribution in [0.25, 0.3) is 0 Å². The summed E-state index contributed by atoms with van der Waals surface area (Å²) >= 11 is 0. The normalized spacial score (nSPS) is 20.8. The molecule has 3 rings (SSSR count). The van der Waals surface area contributed by atoms with Gasteiger partial charge in [-0.05, 0) is 50.8 Å². The number of nitrogens with zero attached hydrogens (tertiary/aromatic N) is 1. The van der Waals surface area contributed by atoms with Crippen LogP contribution in [-0.2, 0) is 21.1 Å². The predicted octanol–water partition coefficient (Wildman–Crippen LogP) is 3.76. The number of halogens is 3. The molecule has 0 unspecified atom stereocenters. The highest BCUT2D eigenvalue weighted by Crippen LogP contribution is 2.42. The maximum atomic E-state index is 13.1. The van der Waals surface area contributed by atoms with Crippen molar-refractivity contribution in [2.45, 2.75) is 50.2 Å². The third kappa shape index (κ3) is 2.81. The molecule has 1 aromatic carbocycles. The molecule has 2 aliphatic heterocycles. The fraction of sp³-hybridized carbons (Fsp3) is 0.611. The molecule has 0 atom stereocenters. The predicted molar refractivity (Wildman–Crippen MR) is 83.6 cm³/mol. The number of benzene rings is 1. The molecule has 24 heavy (non-hydrogen) atoms. The highest BCUT2D eigenvalue weighted by atomic mass is 19.4. The molecule has 1 spiro atoms. The molecular weight excluding hydrogens is 319 g/mol. The number of likely N-dealkylation sites (tertiary alicyclic amines) is 1. The minimum Gasteiger partial charge on any atom is -0.381 e. The van der Waals surface area contributed by atoms with Gasteiger partial charge in [0.25, 0.3) is 0 Å². The Labute approximate surface area is 139 Å². The molecule has 2 saturated heterocycles. The first-order chi connectivity index (χ1) is 11.2. The lowest BCUT2D eigenvalue weighted by atomic mass is 9.74. The molecule has 6 heteroatoms. The smallest absolute Gasteiger partial charge is 0.381 e. The molecule has 0 bridgehead atoms. The van der Waals surface area contributed by atoms with Gasteiger partial charge in [0.1, 0.15) is 0 Å². The minimum absolute atomic E-state index is 0.0181. The average molecular weight is 341 g/mol. The van der Waals surface area contributed by atoms with Gasteiger partial charge < -0.3 is 9.64 Å². The van der Waals surface area contributed by atoms with E-state index in [2.05, 4.69) is 0 Å². The van der Waals surface area contributed by atoms with Crippen LogP contribution in [0, 0.1) is 0 Å². The third-order valence-corrected chi connectivity index (χ3v) is 5.51. The Morgan fingerprint density at radius 2 is 1.58 bits per heavy atom. The van der Waals surface area contributed by atoms with E-state index >= 15 is 0 Å². The van der Waals surface area contributed by atoms with E-state index in [0.717, 1.165) is 31.4 Å². The summed E-state index contributed by atoms with van der Waals surface area (Å²) in [6, 6.07) is 4.92. The van der Waals surface area contributed by atoms with Crippen LogP contribution >= 0.6 is 0 Å². The van der Waals surface area contributed by atoms with E-state index < -0.39 is 17.2 Å². The Morgan fingerprint density at radius 3 is 2.04 bits per heavy atom. The highest BCUT2D eigenvalue weighted by Gasteiger charge is 2.51. The van der Waals surface area contributed by atoms with Gasteiger partial charge in [-0.15, -0.1) is 0 Å². The van der Waals surface area contributed by atoms with Crippen molar-refractivity contribution in [3.8, 4) is 0 Å². The lowest BCUT2D eigenvalue weighted by Crippen LogP contribution is -2.66. The summed E-state index contributed by atoms with van der Waals surface area (Å²) in [6.45, 7) is 5.59. The van der Waals surface area contributed by atoms with Gasteiger partial charge in [-0.25, -0.2) is 0 Å². The molecule has 0 N–H and O–H groups in total. The maximum absolute atomic E-state index is 13.1. The zero-order valence-electron chi connectivity index (χ0n) is 13.9. The molecule has 0 saturated carbocycles. The van der Waals surface area contributed by atoms with Crippen molar-refractivity contribution in [1.29, 1.82) is 0 Å². The standard InChI is InChI=1S/C18H22F3NO2/c1-16(2,13-3-5-14(6-4-13)18(19,20)21)15(23)22-10-7-17(22)8-11-24-12-9-17/h3-6H,7-12H2,1-2H3. The Balaban J connectivity index is 1.81. The molecule has 2 aliphatic rings. The molecule has 0 aromatic heterocycles. The monoisotopic (exact) mass is 341 g/mol. The van der Waals surface area contributed by atoms with Gasteiger partial charge in [0.2, 0.25) is 5.91 Å². The Kier molecular flexibility index (Phi) is 4.14. The SMILES string of the molecule is CC(C)(C(=O)N1CCC12CCOCC2)c1ccc(C(F)(F)F)cc1. The molecule has 3 nitrogen and oxygen atoms in total. The van der Waals surface area contributed by atoms with E-state index in [1.807, 2.05) is 4.90 Å². The van der Waals surface area contributed by atoms with Crippen molar-refractivity contribution in [3.05, 3.63) is 35.4 Å². The average Bonchev–Trinajstić information content (AvgIpc) is 2.54. The van der Waals surface area contributed by atoms with Crippen molar-refractivity contribution in [2.24, 2.45) is 0 Å². The van der Waals surface area contributed by atoms with Crippen molar-refractivity contribution in [1.82, 2.24) is 4.90 Å². The molecule has 2 heterocycles. The molecule has 1 aromatic rings. The van der Waals surface area contributed by atoms with Gasteiger partial charge in [0.15, 0.2) is 0 Å². The molecule has 132 valence electrons. The lowest BCUT2D eigenvalue weighted by molar-refractivity contribution is -0.161. The number of amides is 1. The summed E-state index contributed by atoms with van der Waals surface area (Å²) in [4.78, 5) is 15.0. The van der Waals surface area contributed by atoms with Gasteiger partial charge >= 0.3 is 6.18 Å². The number of hydrogen-bond acceptors (Lipinski definition) is 2. The number of ether oxygens (including phenoxy) is 1. The first kappa shape index (κ1) is 17.3. The second kappa shape index (κ2) is 5.76. The summed E-state index contributed by atoms with van der Waals surface area (Å²) in [5.41, 5.74) is -1.05. The van der Waals surface area contributed by atoms with Gasteiger partial charge in [0.05, 0.1) is 11.0 Å². The van der Waals surface area contributed by atoms with Crippen LogP contribution in [0.1, 0.15) is 44.2 Å². The van der Waals surface area contributed by atoms with E-state index in [1.54, 1.807) is 13.8 Å². The summed E-state index contributed by atoms with van der Waals surface area (Å²) < 4.78 is 43.6. The second-order valence-electron chi connectivity index (χ2n) is 7.24. The number of alkyl halides is 3. The van der Waals surface area contributed by atoms with Crippen molar-refractivity contribution in [3.63, 3.8) is 0 Å². The van der Waals surface area contributed by atoms with Gasteiger partial charge in [0, 0.05) is 25.3 Å². The Hall–Kier alpha value is -1.56. The van der Waals surface area contributed by atoms with Crippen molar-refractivity contribution >= 4 is 5.91 Å². The van der Waals surface area contributed by atoms with Crippen LogP contribution in [0.5, 0.6) is 0 Å². The Morgan fingerprint density at radius 1 is 1.04 bits per heavy atom. The fourth-order valence-electron chi connectivity index (χ4n) is 3.66. The number of hydrogen-bond donors (Lipinski definition) is 0. The van der Waals surface area contributed by atoms with Crippen molar-refractivity contribution < 1.29 is 22.7 Å². The summed E-state index contributed by atoms with van der Waals surface area (Å²) in [5, 5.41) is 0. The zero-order chi connectivity index (χ0) is 17.6. The number of rotatable bonds is 2. The maximum Gasteiger partial charge on any atom is 0.416 e. The molecular formula is C18H22F3NO2. The molecule has 1 amide bonds. The van der Waals surface area contributed by atoms with E-state index in [-0.39, 0.29) is 11.4 Å². The van der Waals surface area contributed by atoms with Crippen LogP contribution in [0.3, 0.4) is 0 Å². The van der Waals surface area contributed by atoms with E-state index in [9.17, 15) is 18.0 Å². The largest absolute Gasteiger partial charge is 0.416 e. The van der Waals surface area contributed by atoms with E-state index in [0.29, 0.717) is 25.3 Å². The second-order valence-corrected chi connectivity index (χ2v) is 7.24. The molecule has 0 radical (unpaired) electrons. The number of carbonyl (C=O) groups excluding carboxylic acids is 1. The molecule has 0 aliphatic carbocycles. The first-order valence-corrected chi connectivity index (χ1v) is 8.24. The van der Waals surface area contributed by atoms with Gasteiger partial charge in [-0.1, -0.05) is 12.1 Å². The summed E-state index contributed by atoms with van der Waals surface area (Å²) in [7, 11) is 0. The lowest BCUT2D eigenvalue weighted by Gasteiger charge is -2.56. The van der Waals surface area contributed by atoms with Crippen LogP contribution < -0.4 is 0 Å². The van der Waals surface area contributed by atoms with Crippen molar-refractivity contribution in [2.75, 3.05) is 19.8 Å². The highest BCUT2D eigenvalue weighted by molar-refractivity contribution is 5.88. The first-order valence-electron chi connectivity index (χ1n) is 8.24. The summed E-state index contributed by atoms with van der Waals surface area (Å²) in [5.74, 6) is -0.0181. The van der Waals surface area contributed by atoms with Crippen LogP contribution in [-0.4, -0.2) is 36.1 Å². The summed E-state index contributed by atoms with van der Waals surface area (Å²) in [6.07, 6.45) is -1.72. The van der Waals surface area contributed by atoms with Crippen LogP contribution in [0.15, 0.2) is 24.3 Å². The van der Waals surface area contributed by atoms with E-state index in [4.69, 9.17) is 4.74 Å². The fourth-order valence-corrected chi connectivity index (χ4v) is 3.66. The number of carbonyl (C=O) groups is 1. The van der Waals surface area contributed by atoms with E-state index in [1.165, 1.54) is 12.1 Å². The van der Waals surface area contributed by atoms with Crippen LogP contribution in [0.2, 0.25) is 0 Å². The topological polar surface area (TPSA) is 29.5 Å². The third-order valence-electron chi connectivity index (χ3n) is 5.51. The quantitative estimate of drug-likeness (QED) is 0.820.